The van der Waals surface area contributed by atoms with E-state index in [1.54, 1.807) is 6.07 Å². The summed E-state index contributed by atoms with van der Waals surface area (Å²) in [6, 6.07) is 10.3. The van der Waals surface area contributed by atoms with Gasteiger partial charge in [-0.1, -0.05) is 50.1 Å². The number of benzene rings is 2. The fraction of sp³-hybridized carbons (Fsp3) is 0.333. The van der Waals surface area contributed by atoms with Gasteiger partial charge in [0.2, 0.25) is 0 Å². The summed E-state index contributed by atoms with van der Waals surface area (Å²) in [4.78, 5) is -0.218. The molecular formula is C18H21KO5S. The molecule has 0 spiro atoms. The summed E-state index contributed by atoms with van der Waals surface area (Å²) in [6.07, 6.45) is 5.14. The molecule has 0 aromatic heterocycles. The summed E-state index contributed by atoms with van der Waals surface area (Å²) in [5, 5.41) is 12.1. The molecule has 7 heteroatoms. The molecule has 1 N–H and O–H groups in total. The Labute approximate surface area is 191 Å². The van der Waals surface area contributed by atoms with Gasteiger partial charge in [-0.3, -0.25) is 4.55 Å². The van der Waals surface area contributed by atoms with Crippen molar-refractivity contribution in [3.05, 3.63) is 48.0 Å². The Hall–Kier alpha value is -0.414. The first kappa shape index (κ1) is 22.6. The maximum Gasteiger partial charge on any atom is 1.00 e. The molecule has 0 atom stereocenters. The fourth-order valence-corrected chi connectivity index (χ4v) is 2.89. The zero-order valence-corrected chi connectivity index (χ0v) is 18.5. The Balaban J connectivity index is 0.00000312. The van der Waals surface area contributed by atoms with E-state index in [4.69, 9.17) is 9.29 Å². The molecule has 2 aromatic rings. The second kappa shape index (κ2) is 10.7. The van der Waals surface area contributed by atoms with Gasteiger partial charge in [0.25, 0.3) is 10.1 Å². The Morgan fingerprint density at radius 1 is 1.04 bits per heavy atom. The predicted octanol–water partition coefficient (Wildman–Crippen LogP) is 0.926. The average Bonchev–Trinajstić information content (AvgIpc) is 2.54. The van der Waals surface area contributed by atoms with Gasteiger partial charge in [0, 0.05) is 0 Å². The first-order chi connectivity index (χ1) is 11.4. The van der Waals surface area contributed by atoms with Crippen LogP contribution in [0.25, 0.3) is 0 Å². The van der Waals surface area contributed by atoms with Crippen molar-refractivity contribution in [2.75, 3.05) is 0 Å². The third-order valence-electron chi connectivity index (χ3n) is 3.70. The van der Waals surface area contributed by atoms with E-state index in [-0.39, 0.29) is 67.8 Å². The molecule has 5 nitrogen and oxygen atoms in total. The average molecular weight is 389 g/mol. The van der Waals surface area contributed by atoms with E-state index in [1.165, 1.54) is 30.3 Å². The number of ether oxygens (including phenoxy) is 1. The van der Waals surface area contributed by atoms with Crippen LogP contribution < -0.4 is 61.2 Å². The van der Waals surface area contributed by atoms with E-state index in [2.05, 4.69) is 6.92 Å². The van der Waals surface area contributed by atoms with Crippen molar-refractivity contribution in [3.63, 3.8) is 0 Å². The Morgan fingerprint density at radius 3 is 2.32 bits per heavy atom. The fourth-order valence-electron chi connectivity index (χ4n) is 2.41. The minimum absolute atomic E-state index is 0. The van der Waals surface area contributed by atoms with Crippen molar-refractivity contribution in [1.82, 2.24) is 0 Å². The number of rotatable bonds is 8. The largest absolute Gasteiger partial charge is 1.00 e. The van der Waals surface area contributed by atoms with Gasteiger partial charge in [-0.25, -0.2) is 0 Å². The third kappa shape index (κ3) is 7.01. The minimum Gasteiger partial charge on any atom is -0.870 e. The minimum atomic E-state index is -4.24. The van der Waals surface area contributed by atoms with Gasteiger partial charge in [-0.2, -0.15) is 8.42 Å². The molecular weight excluding hydrogens is 367 g/mol. The SMILES string of the molecule is CCCCCCc1cccc([O-])c1Oc1ccc(S(=O)(=O)O)cc1.[K+]. The molecule has 0 radical (unpaired) electrons. The first-order valence-corrected chi connectivity index (χ1v) is 9.40. The Kier molecular flexibility index (Phi) is 9.65. The van der Waals surface area contributed by atoms with E-state index in [9.17, 15) is 13.5 Å². The van der Waals surface area contributed by atoms with Gasteiger partial charge in [0.15, 0.2) is 0 Å². The molecule has 0 aliphatic heterocycles. The van der Waals surface area contributed by atoms with Crippen molar-refractivity contribution in [3.8, 4) is 17.2 Å². The van der Waals surface area contributed by atoms with Crippen molar-refractivity contribution in [1.29, 1.82) is 0 Å². The predicted molar refractivity (Wildman–Crippen MR) is 90.1 cm³/mol. The molecule has 0 saturated carbocycles. The van der Waals surface area contributed by atoms with E-state index in [0.29, 0.717) is 5.75 Å². The molecule has 130 valence electrons. The van der Waals surface area contributed by atoms with E-state index in [0.717, 1.165) is 37.7 Å². The second-order valence-corrected chi connectivity index (χ2v) is 7.03. The van der Waals surface area contributed by atoms with Crippen molar-refractivity contribution in [2.45, 2.75) is 43.9 Å². The summed E-state index contributed by atoms with van der Waals surface area (Å²) in [5.74, 6) is 0.413. The zero-order chi connectivity index (χ0) is 17.6. The second-order valence-electron chi connectivity index (χ2n) is 5.60. The van der Waals surface area contributed by atoms with E-state index < -0.39 is 10.1 Å². The normalized spacial score (nSPS) is 11.0. The van der Waals surface area contributed by atoms with Crippen LogP contribution in [0.1, 0.15) is 38.2 Å². The Morgan fingerprint density at radius 2 is 1.72 bits per heavy atom. The number of para-hydroxylation sites is 1. The van der Waals surface area contributed by atoms with Gasteiger partial charge in [0.05, 0.1) is 4.90 Å². The van der Waals surface area contributed by atoms with E-state index >= 15 is 0 Å². The first-order valence-electron chi connectivity index (χ1n) is 7.96. The maximum absolute atomic E-state index is 12.1. The molecule has 25 heavy (non-hydrogen) atoms. The third-order valence-corrected chi connectivity index (χ3v) is 4.57. The van der Waals surface area contributed by atoms with Crippen LogP contribution in [0.2, 0.25) is 0 Å². The van der Waals surface area contributed by atoms with Crippen molar-refractivity contribution < 1.29 is 74.2 Å². The van der Waals surface area contributed by atoms with Gasteiger partial charge >= 0.3 is 51.4 Å². The molecule has 0 unspecified atom stereocenters. The van der Waals surface area contributed by atoms with Crippen LogP contribution in [-0.4, -0.2) is 13.0 Å². The summed E-state index contributed by atoms with van der Waals surface area (Å²) in [6.45, 7) is 2.14. The Bertz CT molecular complexity index is 773. The van der Waals surface area contributed by atoms with Gasteiger partial charge in [-0.05, 0) is 42.7 Å². The van der Waals surface area contributed by atoms with Crippen LogP contribution in [0.3, 0.4) is 0 Å². The van der Waals surface area contributed by atoms with Crippen LogP contribution in [0.15, 0.2) is 47.4 Å². The molecule has 0 aliphatic carbocycles. The van der Waals surface area contributed by atoms with Crippen LogP contribution in [0.5, 0.6) is 17.2 Å². The maximum atomic E-state index is 12.1. The molecule has 0 bridgehead atoms. The van der Waals surface area contributed by atoms with Crippen molar-refractivity contribution >= 4 is 10.1 Å². The van der Waals surface area contributed by atoms with Crippen LogP contribution >= 0.6 is 0 Å². The summed E-state index contributed by atoms with van der Waals surface area (Å²) < 4.78 is 36.7. The van der Waals surface area contributed by atoms with E-state index in [1.807, 2.05) is 6.07 Å². The molecule has 0 saturated heterocycles. The summed E-state index contributed by atoms with van der Waals surface area (Å²) in [5.41, 5.74) is 0.845. The molecule has 2 aromatic carbocycles. The topological polar surface area (TPSA) is 86.7 Å². The van der Waals surface area contributed by atoms with Gasteiger partial charge in [-0.15, -0.1) is 0 Å². The number of hydrogen-bond acceptors (Lipinski definition) is 4. The van der Waals surface area contributed by atoms with Gasteiger partial charge < -0.3 is 9.84 Å². The molecule has 0 amide bonds. The number of unbranched alkanes of at least 4 members (excludes halogenated alkanes) is 3. The number of aryl methyl sites for hydroxylation is 1. The smallest absolute Gasteiger partial charge is 0.870 e. The summed E-state index contributed by atoms with van der Waals surface area (Å²) >= 11 is 0. The van der Waals surface area contributed by atoms with Crippen LogP contribution in [0.4, 0.5) is 0 Å². The molecule has 2 rings (SSSR count). The summed E-state index contributed by atoms with van der Waals surface area (Å²) in [7, 11) is -4.24. The quantitative estimate of drug-likeness (QED) is 0.413. The molecule has 0 fully saturated rings. The van der Waals surface area contributed by atoms with Crippen LogP contribution in [0, 0.1) is 0 Å². The van der Waals surface area contributed by atoms with Gasteiger partial charge in [0.1, 0.15) is 11.5 Å². The van der Waals surface area contributed by atoms with Crippen molar-refractivity contribution in [2.24, 2.45) is 0 Å². The number of hydrogen-bond donors (Lipinski definition) is 1. The standard InChI is InChI=1S/C18H22O5S.K/c1-2-3-4-5-7-14-8-6-9-17(19)18(14)23-15-10-12-16(13-11-15)24(20,21)22;/h6,8-13,19H,2-5,7H2,1H3,(H,20,21,22);/q;+1/p-1. The molecule has 0 aliphatic rings. The zero-order valence-electron chi connectivity index (χ0n) is 14.6. The molecule has 0 heterocycles. The van der Waals surface area contributed by atoms with Crippen LogP contribution in [-0.2, 0) is 16.5 Å². The monoisotopic (exact) mass is 388 g/mol.